The monoisotopic (exact) mass is 395 g/mol. The van der Waals surface area contributed by atoms with Gasteiger partial charge in [-0.2, -0.15) is 0 Å². The first-order valence-electron chi connectivity index (χ1n) is 8.80. The molecule has 0 spiro atoms. The molecule has 3 rings (SSSR count). The molecular formula is C21H21N3O3S. The first kappa shape index (κ1) is 19.7. The van der Waals surface area contributed by atoms with Gasteiger partial charge in [-0.1, -0.05) is 12.1 Å². The quantitative estimate of drug-likeness (QED) is 0.773. The molecule has 0 saturated carbocycles. The minimum absolute atomic E-state index is 0.0786. The zero-order valence-electron chi connectivity index (χ0n) is 15.9. The van der Waals surface area contributed by atoms with Gasteiger partial charge in [-0.25, -0.2) is 9.79 Å². The summed E-state index contributed by atoms with van der Waals surface area (Å²) in [7, 11) is 3.96. The third kappa shape index (κ3) is 4.26. The molecule has 0 aliphatic carbocycles. The normalized spacial score (nSPS) is 16.8. The van der Waals surface area contributed by atoms with Crippen LogP contribution >= 0.6 is 11.8 Å². The van der Waals surface area contributed by atoms with Crippen molar-refractivity contribution < 1.29 is 14.7 Å². The number of carbonyl (C=O) groups excluding carboxylic acids is 1. The van der Waals surface area contributed by atoms with E-state index in [0.717, 1.165) is 11.3 Å². The highest BCUT2D eigenvalue weighted by Crippen LogP contribution is 2.34. The van der Waals surface area contributed by atoms with E-state index in [1.807, 2.05) is 56.3 Å². The number of aromatic carboxylic acids is 1. The summed E-state index contributed by atoms with van der Waals surface area (Å²) in [6.45, 7) is 2.41. The van der Waals surface area contributed by atoms with Crippen LogP contribution in [0.4, 0.5) is 11.4 Å². The molecule has 1 fully saturated rings. The van der Waals surface area contributed by atoms with Crippen LogP contribution in [0.1, 0.15) is 22.8 Å². The second-order valence-corrected chi connectivity index (χ2v) is 7.40. The van der Waals surface area contributed by atoms with E-state index in [1.165, 1.54) is 23.9 Å². The molecule has 1 N–H and O–H groups in total. The van der Waals surface area contributed by atoms with Crippen molar-refractivity contribution in [3.05, 3.63) is 64.6 Å². The van der Waals surface area contributed by atoms with Gasteiger partial charge in [-0.3, -0.25) is 9.69 Å². The van der Waals surface area contributed by atoms with E-state index < -0.39 is 5.97 Å². The Kier molecular flexibility index (Phi) is 5.84. The molecule has 0 aromatic heterocycles. The molecule has 1 heterocycles. The summed E-state index contributed by atoms with van der Waals surface area (Å²) in [6, 6.07) is 14.2. The van der Waals surface area contributed by atoms with E-state index in [4.69, 9.17) is 5.11 Å². The highest BCUT2D eigenvalue weighted by atomic mass is 32.2. The minimum atomic E-state index is -0.981. The second kappa shape index (κ2) is 8.31. The summed E-state index contributed by atoms with van der Waals surface area (Å²) < 4.78 is 0. The number of carboxylic acids is 1. The molecule has 1 aliphatic rings. The number of hydrogen-bond acceptors (Lipinski definition) is 5. The fourth-order valence-electron chi connectivity index (χ4n) is 2.68. The van der Waals surface area contributed by atoms with Gasteiger partial charge >= 0.3 is 5.97 Å². The number of benzene rings is 2. The van der Waals surface area contributed by atoms with Crippen molar-refractivity contribution in [2.45, 2.75) is 6.92 Å². The Morgan fingerprint density at radius 1 is 1.14 bits per heavy atom. The average Bonchev–Trinajstić information content (AvgIpc) is 2.96. The lowest BCUT2D eigenvalue weighted by molar-refractivity contribution is -0.122. The van der Waals surface area contributed by atoms with Crippen molar-refractivity contribution in [1.82, 2.24) is 4.90 Å². The zero-order valence-corrected chi connectivity index (χ0v) is 16.7. The molecule has 144 valence electrons. The van der Waals surface area contributed by atoms with Crippen molar-refractivity contribution in [3.8, 4) is 0 Å². The van der Waals surface area contributed by atoms with Crippen LogP contribution in [0, 0.1) is 0 Å². The largest absolute Gasteiger partial charge is 0.478 e. The number of nitrogens with zero attached hydrogens (tertiary/aromatic N) is 3. The standard InChI is InChI=1S/C21H21N3O3S/c1-4-24-19(25)18(13-14-5-11-17(12-6-14)23(2)3)28-21(24)22-16-9-7-15(8-10-16)20(26)27/h5-13H,4H2,1-3H3,(H,26,27)/b18-13-,22-21?. The summed E-state index contributed by atoms with van der Waals surface area (Å²) in [6.07, 6.45) is 1.87. The predicted octanol–water partition coefficient (Wildman–Crippen LogP) is 4.07. The number of thioether (sulfide) groups is 1. The van der Waals surface area contributed by atoms with E-state index in [9.17, 15) is 9.59 Å². The summed E-state index contributed by atoms with van der Waals surface area (Å²) in [5, 5.41) is 9.58. The Labute approximate surface area is 168 Å². The number of hydrogen-bond donors (Lipinski definition) is 1. The SMILES string of the molecule is CCN1C(=O)/C(=C/c2ccc(N(C)C)cc2)SC1=Nc1ccc(C(=O)O)cc1. The van der Waals surface area contributed by atoms with Crippen molar-refractivity contribution >= 4 is 46.3 Å². The van der Waals surface area contributed by atoms with Crippen LogP contribution in [0.2, 0.25) is 0 Å². The molecule has 2 aromatic rings. The maximum Gasteiger partial charge on any atom is 0.335 e. The first-order valence-corrected chi connectivity index (χ1v) is 9.61. The summed E-state index contributed by atoms with van der Waals surface area (Å²) in [4.78, 5) is 32.5. The molecule has 1 saturated heterocycles. The van der Waals surface area contributed by atoms with Crippen molar-refractivity contribution in [1.29, 1.82) is 0 Å². The van der Waals surface area contributed by atoms with Crippen LogP contribution in [0.25, 0.3) is 6.08 Å². The fraction of sp³-hybridized carbons (Fsp3) is 0.190. The smallest absolute Gasteiger partial charge is 0.335 e. The molecule has 0 bridgehead atoms. The lowest BCUT2D eigenvalue weighted by Gasteiger charge is -2.12. The molecule has 0 unspecified atom stereocenters. The van der Waals surface area contributed by atoms with Crippen LogP contribution in [-0.2, 0) is 4.79 Å². The number of aliphatic imine (C=N–C) groups is 1. The fourth-order valence-corrected chi connectivity index (χ4v) is 3.74. The van der Waals surface area contributed by atoms with E-state index in [0.29, 0.717) is 22.3 Å². The van der Waals surface area contributed by atoms with Gasteiger partial charge in [-0.15, -0.1) is 0 Å². The van der Waals surface area contributed by atoms with Gasteiger partial charge < -0.3 is 10.0 Å². The van der Waals surface area contributed by atoms with Gasteiger partial charge in [0.1, 0.15) is 0 Å². The molecule has 28 heavy (non-hydrogen) atoms. The third-order valence-corrected chi connectivity index (χ3v) is 5.26. The maximum atomic E-state index is 12.7. The molecule has 1 amide bonds. The molecular weight excluding hydrogens is 374 g/mol. The number of rotatable bonds is 5. The number of likely N-dealkylation sites (N-methyl/N-ethyl adjacent to an activating group) is 1. The van der Waals surface area contributed by atoms with E-state index in [2.05, 4.69) is 4.99 Å². The molecule has 0 atom stereocenters. The van der Waals surface area contributed by atoms with E-state index >= 15 is 0 Å². The van der Waals surface area contributed by atoms with Gasteiger partial charge in [-0.05, 0) is 66.7 Å². The number of carboxylic acid groups (broad SMARTS) is 1. The summed E-state index contributed by atoms with van der Waals surface area (Å²) >= 11 is 1.32. The minimum Gasteiger partial charge on any atom is -0.478 e. The number of anilines is 1. The zero-order chi connectivity index (χ0) is 20.3. The van der Waals surface area contributed by atoms with Crippen LogP contribution in [0.5, 0.6) is 0 Å². The van der Waals surface area contributed by atoms with Crippen LogP contribution in [0.3, 0.4) is 0 Å². The second-order valence-electron chi connectivity index (χ2n) is 6.39. The van der Waals surface area contributed by atoms with Crippen LogP contribution in [-0.4, -0.2) is 47.7 Å². The Bertz CT molecular complexity index is 948. The maximum absolute atomic E-state index is 12.7. The Morgan fingerprint density at radius 3 is 2.32 bits per heavy atom. The molecule has 0 radical (unpaired) electrons. The topological polar surface area (TPSA) is 73.2 Å². The van der Waals surface area contributed by atoms with Gasteiger partial charge in [0, 0.05) is 26.3 Å². The number of carbonyl (C=O) groups is 2. The van der Waals surface area contributed by atoms with Crippen molar-refractivity contribution in [2.75, 3.05) is 25.5 Å². The van der Waals surface area contributed by atoms with Gasteiger partial charge in [0.05, 0.1) is 16.2 Å². The van der Waals surface area contributed by atoms with Crippen molar-refractivity contribution in [3.63, 3.8) is 0 Å². The lowest BCUT2D eigenvalue weighted by atomic mass is 10.2. The van der Waals surface area contributed by atoms with E-state index in [1.54, 1.807) is 17.0 Å². The van der Waals surface area contributed by atoms with Crippen LogP contribution < -0.4 is 4.90 Å². The predicted molar refractivity (Wildman–Crippen MR) is 114 cm³/mol. The van der Waals surface area contributed by atoms with Gasteiger partial charge in [0.15, 0.2) is 5.17 Å². The number of amidine groups is 1. The Balaban J connectivity index is 1.86. The third-order valence-electron chi connectivity index (χ3n) is 4.25. The summed E-state index contributed by atoms with van der Waals surface area (Å²) in [5.41, 5.74) is 2.85. The number of amides is 1. The Hall–Kier alpha value is -3.06. The first-order chi connectivity index (χ1) is 13.4. The van der Waals surface area contributed by atoms with E-state index in [-0.39, 0.29) is 11.5 Å². The molecule has 7 heteroatoms. The lowest BCUT2D eigenvalue weighted by Crippen LogP contribution is -2.28. The van der Waals surface area contributed by atoms with Crippen molar-refractivity contribution in [2.24, 2.45) is 4.99 Å². The average molecular weight is 395 g/mol. The van der Waals surface area contributed by atoms with Gasteiger partial charge in [0.25, 0.3) is 5.91 Å². The highest BCUT2D eigenvalue weighted by molar-refractivity contribution is 8.18. The molecule has 6 nitrogen and oxygen atoms in total. The molecule has 1 aliphatic heterocycles. The highest BCUT2D eigenvalue weighted by Gasteiger charge is 2.32. The van der Waals surface area contributed by atoms with Crippen LogP contribution in [0.15, 0.2) is 58.4 Å². The summed E-state index contributed by atoms with van der Waals surface area (Å²) in [5.74, 6) is -1.06. The Morgan fingerprint density at radius 2 is 1.79 bits per heavy atom. The van der Waals surface area contributed by atoms with Gasteiger partial charge in [0.2, 0.25) is 0 Å². The molecule has 2 aromatic carbocycles.